The van der Waals surface area contributed by atoms with Gasteiger partial charge in [0.1, 0.15) is 18.0 Å². The maximum atomic E-state index is 12.4. The molecule has 1 aliphatic rings. The number of methoxy groups -OCH3 is 1. The van der Waals surface area contributed by atoms with Crippen molar-refractivity contribution in [2.75, 3.05) is 7.11 Å². The number of allylic oxidation sites excluding steroid dienone is 1. The molecular weight excluding hydrogens is 380 g/mol. The Bertz CT molecular complexity index is 938. The fraction of sp³-hybridized carbons (Fsp3) is 0.360. The third kappa shape index (κ3) is 5.72. The predicted molar refractivity (Wildman–Crippen MR) is 115 cm³/mol. The molecule has 0 spiro atoms. The van der Waals surface area contributed by atoms with Crippen LogP contribution in [0.25, 0.3) is 5.57 Å². The highest BCUT2D eigenvalue weighted by Crippen LogP contribution is 2.37. The van der Waals surface area contributed by atoms with Crippen molar-refractivity contribution in [1.82, 2.24) is 0 Å². The van der Waals surface area contributed by atoms with Crippen LogP contribution in [-0.2, 0) is 32.1 Å². The summed E-state index contributed by atoms with van der Waals surface area (Å²) in [7, 11) is 1.38. The van der Waals surface area contributed by atoms with Crippen molar-refractivity contribution >= 4 is 17.5 Å². The Morgan fingerprint density at radius 2 is 1.80 bits per heavy atom. The molecule has 0 heterocycles. The lowest BCUT2D eigenvalue weighted by atomic mass is 9.80. The number of fused-ring (bicyclic) bond motifs is 1. The smallest absolute Gasteiger partial charge is 0.331 e. The molecule has 0 aliphatic heterocycles. The lowest BCUT2D eigenvalue weighted by Gasteiger charge is -2.26. The number of carbonyl (C=O) groups is 2. The van der Waals surface area contributed by atoms with Gasteiger partial charge in [-0.3, -0.25) is 4.79 Å². The second-order valence-corrected chi connectivity index (χ2v) is 8.42. The van der Waals surface area contributed by atoms with Gasteiger partial charge in [0, 0.05) is 6.08 Å². The van der Waals surface area contributed by atoms with Crippen LogP contribution in [0.5, 0.6) is 5.75 Å². The molecule has 0 bridgehead atoms. The molecule has 0 fully saturated rings. The minimum atomic E-state index is -0.581. The van der Waals surface area contributed by atoms with Crippen LogP contribution in [0.15, 0.2) is 54.6 Å². The van der Waals surface area contributed by atoms with Gasteiger partial charge >= 0.3 is 11.9 Å². The van der Waals surface area contributed by atoms with Gasteiger partial charge in [-0.1, -0.05) is 36.4 Å². The maximum Gasteiger partial charge on any atom is 0.331 e. The van der Waals surface area contributed by atoms with Gasteiger partial charge in [-0.25, -0.2) is 4.79 Å². The number of hydrogen-bond acceptors (Lipinski definition) is 5. The van der Waals surface area contributed by atoms with Crippen LogP contribution >= 0.6 is 0 Å². The monoisotopic (exact) mass is 408 g/mol. The van der Waals surface area contributed by atoms with Gasteiger partial charge in [0.25, 0.3) is 0 Å². The summed E-state index contributed by atoms with van der Waals surface area (Å²) in [6.07, 6.45) is 2.46. The van der Waals surface area contributed by atoms with E-state index in [9.17, 15) is 9.59 Å². The van der Waals surface area contributed by atoms with Gasteiger partial charge in [-0.05, 0) is 68.0 Å². The molecule has 1 unspecified atom stereocenters. The van der Waals surface area contributed by atoms with Crippen LogP contribution in [0.3, 0.4) is 0 Å². The fourth-order valence-corrected chi connectivity index (χ4v) is 3.54. The Kier molecular flexibility index (Phi) is 6.60. The van der Waals surface area contributed by atoms with Crippen molar-refractivity contribution in [1.29, 1.82) is 0 Å². The van der Waals surface area contributed by atoms with E-state index in [0.29, 0.717) is 19.4 Å². The van der Waals surface area contributed by atoms with E-state index >= 15 is 0 Å². The van der Waals surface area contributed by atoms with E-state index in [-0.39, 0.29) is 11.9 Å². The van der Waals surface area contributed by atoms with Crippen LogP contribution in [0.1, 0.15) is 43.9 Å². The van der Waals surface area contributed by atoms with Crippen LogP contribution in [-0.4, -0.2) is 24.6 Å². The highest BCUT2D eigenvalue weighted by atomic mass is 16.6. The SMILES string of the molecule is COC(=O)C1C/C(=C\C(=O)OC(C)(C)C)c2ccc(OCc3ccccc3)cc2C1. The zero-order valence-corrected chi connectivity index (χ0v) is 17.9. The maximum absolute atomic E-state index is 12.4. The van der Waals surface area contributed by atoms with E-state index in [1.54, 1.807) is 0 Å². The van der Waals surface area contributed by atoms with Crippen molar-refractivity contribution in [3.05, 3.63) is 71.3 Å². The highest BCUT2D eigenvalue weighted by molar-refractivity contribution is 5.93. The summed E-state index contributed by atoms with van der Waals surface area (Å²) in [4.78, 5) is 24.6. The number of hydrogen-bond donors (Lipinski definition) is 0. The summed E-state index contributed by atoms with van der Waals surface area (Å²) in [6.45, 7) is 5.93. The van der Waals surface area contributed by atoms with Crippen molar-refractivity contribution in [3.8, 4) is 5.75 Å². The number of ether oxygens (including phenoxy) is 3. The molecule has 0 saturated heterocycles. The average Bonchev–Trinajstić information content (AvgIpc) is 2.70. The molecule has 5 nitrogen and oxygen atoms in total. The van der Waals surface area contributed by atoms with E-state index in [0.717, 1.165) is 28.0 Å². The summed E-state index contributed by atoms with van der Waals surface area (Å²) in [6, 6.07) is 15.7. The average molecular weight is 408 g/mol. The molecule has 2 aromatic carbocycles. The van der Waals surface area contributed by atoms with E-state index < -0.39 is 11.6 Å². The molecule has 3 rings (SSSR count). The van der Waals surface area contributed by atoms with E-state index in [1.165, 1.54) is 13.2 Å². The first kappa shape index (κ1) is 21.6. The van der Waals surface area contributed by atoms with Gasteiger partial charge in [-0.15, -0.1) is 0 Å². The number of benzene rings is 2. The van der Waals surface area contributed by atoms with E-state index in [4.69, 9.17) is 14.2 Å². The third-order valence-electron chi connectivity index (χ3n) is 4.84. The van der Waals surface area contributed by atoms with Gasteiger partial charge in [0.15, 0.2) is 0 Å². The van der Waals surface area contributed by atoms with E-state index in [1.807, 2.05) is 69.3 Å². The Balaban J connectivity index is 1.86. The Hall–Kier alpha value is -3.08. The lowest BCUT2D eigenvalue weighted by molar-refractivity contribution is -0.149. The van der Waals surface area contributed by atoms with Gasteiger partial charge in [0.2, 0.25) is 0 Å². The summed E-state index contributed by atoms with van der Waals surface area (Å²) in [5.74, 6) is -0.329. The predicted octanol–water partition coefficient (Wildman–Crippen LogP) is 4.73. The molecule has 158 valence electrons. The topological polar surface area (TPSA) is 61.8 Å². The third-order valence-corrected chi connectivity index (χ3v) is 4.84. The van der Waals surface area contributed by atoms with Gasteiger partial charge in [0.05, 0.1) is 13.0 Å². The second kappa shape index (κ2) is 9.16. The van der Waals surface area contributed by atoms with Crippen molar-refractivity contribution in [2.45, 2.75) is 45.8 Å². The van der Waals surface area contributed by atoms with Crippen molar-refractivity contribution < 1.29 is 23.8 Å². The van der Waals surface area contributed by atoms with Crippen LogP contribution in [0, 0.1) is 5.92 Å². The summed E-state index contributed by atoms with van der Waals surface area (Å²) in [5, 5.41) is 0. The zero-order valence-electron chi connectivity index (χ0n) is 17.9. The number of rotatable bonds is 5. The van der Waals surface area contributed by atoms with E-state index in [2.05, 4.69) is 0 Å². The molecule has 0 amide bonds. The molecule has 1 aliphatic carbocycles. The first-order valence-corrected chi connectivity index (χ1v) is 10.1. The van der Waals surface area contributed by atoms with Crippen LogP contribution < -0.4 is 4.74 Å². The molecule has 0 radical (unpaired) electrons. The summed E-state index contributed by atoms with van der Waals surface area (Å²) < 4.78 is 16.3. The number of carbonyl (C=O) groups excluding carboxylic acids is 2. The zero-order chi connectivity index (χ0) is 21.7. The Labute approximate surface area is 177 Å². The van der Waals surface area contributed by atoms with Crippen molar-refractivity contribution in [2.24, 2.45) is 5.92 Å². The molecule has 1 atom stereocenters. The molecular formula is C25H28O5. The second-order valence-electron chi connectivity index (χ2n) is 8.42. The molecule has 0 saturated carbocycles. The normalized spacial score (nSPS) is 17.2. The Morgan fingerprint density at radius 3 is 2.47 bits per heavy atom. The standard InChI is InChI=1S/C25H28O5/c1-25(2,3)30-23(26)15-19-13-20(24(27)28-4)12-18-14-21(10-11-22(18)19)29-16-17-8-6-5-7-9-17/h5-11,14-15,20H,12-13,16H2,1-4H3/b19-15+. The molecule has 0 N–H and O–H groups in total. The Morgan fingerprint density at radius 1 is 1.07 bits per heavy atom. The quantitative estimate of drug-likeness (QED) is 0.529. The molecule has 2 aromatic rings. The largest absolute Gasteiger partial charge is 0.489 e. The molecule has 5 heteroatoms. The minimum absolute atomic E-state index is 0.286. The minimum Gasteiger partial charge on any atom is -0.489 e. The van der Waals surface area contributed by atoms with Crippen LogP contribution in [0.4, 0.5) is 0 Å². The van der Waals surface area contributed by atoms with Crippen LogP contribution in [0.2, 0.25) is 0 Å². The highest BCUT2D eigenvalue weighted by Gasteiger charge is 2.29. The van der Waals surface area contributed by atoms with Crippen molar-refractivity contribution in [3.63, 3.8) is 0 Å². The van der Waals surface area contributed by atoms with Gasteiger partial charge in [-0.2, -0.15) is 0 Å². The molecule has 0 aromatic heterocycles. The van der Waals surface area contributed by atoms with Gasteiger partial charge < -0.3 is 14.2 Å². The first-order valence-electron chi connectivity index (χ1n) is 10.1. The molecule has 30 heavy (non-hydrogen) atoms. The fourth-order valence-electron chi connectivity index (χ4n) is 3.54. The summed E-state index contributed by atoms with van der Waals surface area (Å²) >= 11 is 0. The summed E-state index contributed by atoms with van der Waals surface area (Å²) in [5.41, 5.74) is 3.16. The number of esters is 2. The first-order chi connectivity index (χ1) is 14.2. The lowest BCUT2D eigenvalue weighted by Crippen LogP contribution is -2.25.